The van der Waals surface area contributed by atoms with E-state index in [0.29, 0.717) is 6.54 Å². The molecule has 1 N–H and O–H groups in total. The van der Waals surface area contributed by atoms with Crippen molar-refractivity contribution in [2.24, 2.45) is 5.92 Å². The second-order valence-corrected chi connectivity index (χ2v) is 5.30. The monoisotopic (exact) mass is 278 g/mol. The molecule has 1 saturated heterocycles. The van der Waals surface area contributed by atoms with Crippen molar-refractivity contribution < 1.29 is 14.8 Å². The highest BCUT2D eigenvalue weighted by Gasteiger charge is 2.33. The van der Waals surface area contributed by atoms with Crippen LogP contribution in [0, 0.1) is 16.0 Å². The van der Waals surface area contributed by atoms with Crippen LogP contribution < -0.4 is 0 Å². The molecule has 1 heterocycles. The average Bonchev–Trinajstić information content (AvgIpc) is 2.39. The van der Waals surface area contributed by atoms with Crippen molar-refractivity contribution in [2.45, 2.75) is 32.4 Å². The first-order valence-electron chi connectivity index (χ1n) is 6.69. The Morgan fingerprint density at radius 1 is 1.45 bits per heavy atom. The van der Waals surface area contributed by atoms with Gasteiger partial charge >= 0.3 is 5.97 Å². The Kier molecular flexibility index (Phi) is 4.34. The minimum atomic E-state index is -0.792. The maximum atomic E-state index is 11.4. The van der Waals surface area contributed by atoms with Crippen molar-refractivity contribution in [3.63, 3.8) is 0 Å². The summed E-state index contributed by atoms with van der Waals surface area (Å²) in [6, 6.07) is 5.82. The van der Waals surface area contributed by atoms with Gasteiger partial charge in [-0.15, -0.1) is 0 Å². The molecule has 0 aliphatic carbocycles. The number of nitro benzene ring substituents is 1. The number of benzene rings is 1. The zero-order valence-electron chi connectivity index (χ0n) is 11.4. The fraction of sp³-hybridized carbons (Fsp3) is 0.500. The molecule has 6 nitrogen and oxygen atoms in total. The molecule has 20 heavy (non-hydrogen) atoms. The Labute approximate surface area is 117 Å². The van der Waals surface area contributed by atoms with Crippen molar-refractivity contribution in [1.82, 2.24) is 4.90 Å². The lowest BCUT2D eigenvalue weighted by molar-refractivity contribution is -0.384. The largest absolute Gasteiger partial charge is 0.480 e. The molecule has 1 aliphatic heterocycles. The summed E-state index contributed by atoms with van der Waals surface area (Å²) in [5.74, 6) is -0.668. The van der Waals surface area contributed by atoms with Crippen LogP contribution in [0.3, 0.4) is 0 Å². The normalized spacial score (nSPS) is 23.4. The van der Waals surface area contributed by atoms with Gasteiger partial charge < -0.3 is 5.11 Å². The van der Waals surface area contributed by atoms with Crippen LogP contribution in [0.15, 0.2) is 24.3 Å². The Morgan fingerprint density at radius 3 is 2.65 bits per heavy atom. The summed E-state index contributed by atoms with van der Waals surface area (Å²) in [5, 5.41) is 19.9. The van der Waals surface area contributed by atoms with Crippen LogP contribution in [-0.4, -0.2) is 33.5 Å². The lowest BCUT2D eigenvalue weighted by Crippen LogP contribution is -2.48. The molecule has 0 saturated carbocycles. The fourth-order valence-electron chi connectivity index (χ4n) is 2.81. The Balaban J connectivity index is 2.11. The number of carbonyl (C=O) groups is 1. The van der Waals surface area contributed by atoms with Gasteiger partial charge in [0.1, 0.15) is 6.04 Å². The van der Waals surface area contributed by atoms with Crippen LogP contribution in [0.25, 0.3) is 0 Å². The lowest BCUT2D eigenvalue weighted by Gasteiger charge is -2.37. The van der Waals surface area contributed by atoms with Gasteiger partial charge in [-0.2, -0.15) is 0 Å². The van der Waals surface area contributed by atoms with E-state index in [0.717, 1.165) is 24.9 Å². The van der Waals surface area contributed by atoms with E-state index in [1.807, 2.05) is 11.8 Å². The highest BCUT2D eigenvalue weighted by Crippen LogP contribution is 2.25. The number of carboxylic acid groups (broad SMARTS) is 1. The van der Waals surface area contributed by atoms with E-state index in [1.165, 1.54) is 12.1 Å². The van der Waals surface area contributed by atoms with Gasteiger partial charge in [-0.05, 0) is 30.9 Å². The topological polar surface area (TPSA) is 83.7 Å². The predicted octanol–water partition coefficient (Wildman–Crippen LogP) is 2.28. The van der Waals surface area contributed by atoms with Crippen molar-refractivity contribution in [2.75, 3.05) is 6.54 Å². The van der Waals surface area contributed by atoms with E-state index >= 15 is 0 Å². The van der Waals surface area contributed by atoms with E-state index in [2.05, 4.69) is 0 Å². The third-order valence-electron chi connectivity index (χ3n) is 3.82. The van der Waals surface area contributed by atoms with Crippen LogP contribution in [0.2, 0.25) is 0 Å². The van der Waals surface area contributed by atoms with Crippen molar-refractivity contribution in [3.8, 4) is 0 Å². The molecule has 0 amide bonds. The van der Waals surface area contributed by atoms with Gasteiger partial charge in [0, 0.05) is 18.7 Å². The first-order valence-corrected chi connectivity index (χ1v) is 6.69. The van der Waals surface area contributed by atoms with E-state index in [9.17, 15) is 20.0 Å². The zero-order chi connectivity index (χ0) is 14.7. The Morgan fingerprint density at radius 2 is 2.10 bits per heavy atom. The number of hydrogen-bond acceptors (Lipinski definition) is 4. The quantitative estimate of drug-likeness (QED) is 0.674. The minimum absolute atomic E-state index is 0.0514. The summed E-state index contributed by atoms with van der Waals surface area (Å²) in [4.78, 5) is 23.5. The number of piperidine rings is 1. The van der Waals surface area contributed by atoms with Gasteiger partial charge in [0.25, 0.3) is 5.69 Å². The van der Waals surface area contributed by atoms with Crippen molar-refractivity contribution in [3.05, 3.63) is 39.9 Å². The molecule has 1 aliphatic rings. The molecule has 2 unspecified atom stereocenters. The SMILES string of the molecule is CC1CCCN(Cc2ccc([N+](=O)[O-])cc2)C1C(=O)O. The van der Waals surface area contributed by atoms with E-state index in [1.54, 1.807) is 12.1 Å². The summed E-state index contributed by atoms with van der Waals surface area (Å²) in [6.45, 7) is 3.22. The number of non-ortho nitro benzene ring substituents is 1. The van der Waals surface area contributed by atoms with Gasteiger partial charge in [-0.25, -0.2) is 0 Å². The number of hydrogen-bond donors (Lipinski definition) is 1. The Bertz CT molecular complexity index is 500. The molecule has 0 radical (unpaired) electrons. The molecule has 1 fully saturated rings. The van der Waals surface area contributed by atoms with Crippen LogP contribution in [-0.2, 0) is 11.3 Å². The van der Waals surface area contributed by atoms with Gasteiger partial charge in [0.2, 0.25) is 0 Å². The molecular weight excluding hydrogens is 260 g/mol. The van der Waals surface area contributed by atoms with Crippen molar-refractivity contribution in [1.29, 1.82) is 0 Å². The van der Waals surface area contributed by atoms with Gasteiger partial charge in [-0.3, -0.25) is 19.8 Å². The van der Waals surface area contributed by atoms with Crippen LogP contribution in [0.1, 0.15) is 25.3 Å². The second kappa shape index (κ2) is 6.00. The molecule has 0 spiro atoms. The third kappa shape index (κ3) is 3.14. The number of likely N-dealkylation sites (tertiary alicyclic amines) is 1. The first-order chi connectivity index (χ1) is 9.49. The van der Waals surface area contributed by atoms with Crippen LogP contribution in [0.5, 0.6) is 0 Å². The number of nitro groups is 1. The number of rotatable bonds is 4. The summed E-state index contributed by atoms with van der Waals surface area (Å²) < 4.78 is 0. The van der Waals surface area contributed by atoms with Gasteiger partial charge in [-0.1, -0.05) is 19.1 Å². The molecule has 2 rings (SSSR count). The van der Waals surface area contributed by atoms with E-state index in [-0.39, 0.29) is 11.6 Å². The summed E-state index contributed by atoms with van der Waals surface area (Å²) in [5.41, 5.74) is 0.950. The van der Waals surface area contributed by atoms with Crippen LogP contribution >= 0.6 is 0 Å². The zero-order valence-corrected chi connectivity index (χ0v) is 11.4. The molecule has 108 valence electrons. The van der Waals surface area contributed by atoms with Gasteiger partial charge in [0.15, 0.2) is 0 Å². The summed E-state index contributed by atoms with van der Waals surface area (Å²) in [6.07, 6.45) is 1.91. The lowest BCUT2D eigenvalue weighted by atomic mass is 9.90. The fourth-order valence-corrected chi connectivity index (χ4v) is 2.81. The molecule has 1 aromatic carbocycles. The van der Waals surface area contributed by atoms with Gasteiger partial charge in [0.05, 0.1) is 4.92 Å². The third-order valence-corrected chi connectivity index (χ3v) is 3.82. The average molecular weight is 278 g/mol. The maximum Gasteiger partial charge on any atom is 0.321 e. The number of nitrogens with zero attached hydrogens (tertiary/aromatic N) is 2. The second-order valence-electron chi connectivity index (χ2n) is 5.30. The van der Waals surface area contributed by atoms with E-state index in [4.69, 9.17) is 0 Å². The molecule has 0 aromatic heterocycles. The Hall–Kier alpha value is -1.95. The maximum absolute atomic E-state index is 11.4. The predicted molar refractivity (Wildman–Crippen MR) is 73.3 cm³/mol. The molecule has 6 heteroatoms. The first kappa shape index (κ1) is 14.5. The molecule has 1 aromatic rings. The molecule has 0 bridgehead atoms. The summed E-state index contributed by atoms with van der Waals surface area (Å²) >= 11 is 0. The molecular formula is C14H18N2O4. The van der Waals surface area contributed by atoms with E-state index < -0.39 is 16.9 Å². The highest BCUT2D eigenvalue weighted by atomic mass is 16.6. The number of aliphatic carboxylic acids is 1. The highest BCUT2D eigenvalue weighted by molar-refractivity contribution is 5.74. The number of carboxylic acids is 1. The van der Waals surface area contributed by atoms with Crippen LogP contribution in [0.4, 0.5) is 5.69 Å². The molecule has 2 atom stereocenters. The smallest absolute Gasteiger partial charge is 0.321 e. The minimum Gasteiger partial charge on any atom is -0.480 e. The summed E-state index contributed by atoms with van der Waals surface area (Å²) in [7, 11) is 0. The van der Waals surface area contributed by atoms with Crippen molar-refractivity contribution >= 4 is 11.7 Å². The standard InChI is InChI=1S/C14H18N2O4/c1-10-3-2-8-15(13(10)14(17)18)9-11-4-6-12(7-5-11)16(19)20/h4-7,10,13H,2-3,8-9H2,1H3,(H,17,18).